The average Bonchev–Trinajstić information content (AvgIpc) is 2.77. The topological polar surface area (TPSA) is 84.9 Å². The zero-order valence-corrected chi connectivity index (χ0v) is 17.1. The number of hydrogen-bond acceptors (Lipinski definition) is 4. The molecule has 2 aromatic carbocycles. The molecular formula is C24H27NO5. The van der Waals surface area contributed by atoms with E-state index in [0.717, 1.165) is 30.4 Å². The molecule has 1 amide bonds. The summed E-state index contributed by atoms with van der Waals surface area (Å²) in [5.74, 6) is -0.217. The summed E-state index contributed by atoms with van der Waals surface area (Å²) in [6.07, 6.45) is 6.53. The van der Waals surface area contributed by atoms with Crippen molar-refractivity contribution in [3.05, 3.63) is 65.7 Å². The molecule has 2 aromatic rings. The quantitative estimate of drug-likeness (QED) is 0.639. The first-order valence-corrected chi connectivity index (χ1v) is 10.1. The van der Waals surface area contributed by atoms with Gasteiger partial charge in [0, 0.05) is 6.08 Å². The summed E-state index contributed by atoms with van der Waals surface area (Å²) < 4.78 is 11.3. The zero-order valence-electron chi connectivity index (χ0n) is 17.1. The Labute approximate surface area is 176 Å². The molecule has 0 atom stereocenters. The number of carboxylic acid groups (broad SMARTS) is 1. The third kappa shape index (κ3) is 5.41. The maximum absolute atomic E-state index is 12.4. The van der Waals surface area contributed by atoms with Crippen molar-refractivity contribution in [2.45, 2.75) is 44.2 Å². The Balaban J connectivity index is 1.64. The molecule has 1 fully saturated rings. The Bertz CT molecular complexity index is 901. The van der Waals surface area contributed by atoms with E-state index in [-0.39, 0.29) is 0 Å². The molecule has 1 aliphatic carbocycles. The van der Waals surface area contributed by atoms with Gasteiger partial charge >= 0.3 is 5.97 Å². The minimum absolute atomic E-state index is 0.414. The van der Waals surface area contributed by atoms with Gasteiger partial charge < -0.3 is 19.9 Å². The van der Waals surface area contributed by atoms with Crippen LogP contribution in [0.3, 0.4) is 0 Å². The van der Waals surface area contributed by atoms with Gasteiger partial charge in [0.2, 0.25) is 5.91 Å². The molecule has 30 heavy (non-hydrogen) atoms. The van der Waals surface area contributed by atoms with Crippen LogP contribution >= 0.6 is 0 Å². The molecule has 1 aliphatic rings. The number of methoxy groups -OCH3 is 1. The van der Waals surface area contributed by atoms with Crippen LogP contribution in [0.1, 0.15) is 43.2 Å². The van der Waals surface area contributed by atoms with Crippen molar-refractivity contribution in [2.75, 3.05) is 7.11 Å². The lowest BCUT2D eigenvalue weighted by molar-refractivity contribution is -0.148. The SMILES string of the molecule is COc1cc(C=CC(=O)NC2(C(=O)O)CCCCC2)ccc1OCc1ccccc1. The highest BCUT2D eigenvalue weighted by Crippen LogP contribution is 2.30. The second kappa shape index (κ2) is 9.96. The van der Waals surface area contributed by atoms with E-state index < -0.39 is 17.4 Å². The van der Waals surface area contributed by atoms with Gasteiger partial charge in [0.25, 0.3) is 0 Å². The summed E-state index contributed by atoms with van der Waals surface area (Å²) in [7, 11) is 1.56. The highest BCUT2D eigenvalue weighted by Gasteiger charge is 2.40. The maximum atomic E-state index is 12.4. The van der Waals surface area contributed by atoms with Crippen molar-refractivity contribution in [1.29, 1.82) is 0 Å². The van der Waals surface area contributed by atoms with Crippen molar-refractivity contribution < 1.29 is 24.2 Å². The van der Waals surface area contributed by atoms with Gasteiger partial charge in [-0.3, -0.25) is 4.79 Å². The number of carboxylic acids is 1. The number of amides is 1. The number of ether oxygens (including phenoxy) is 2. The summed E-state index contributed by atoms with van der Waals surface area (Å²) in [6.45, 7) is 0.423. The van der Waals surface area contributed by atoms with Crippen LogP contribution in [0.4, 0.5) is 0 Å². The molecule has 0 unspecified atom stereocenters. The maximum Gasteiger partial charge on any atom is 0.329 e. The van der Waals surface area contributed by atoms with Crippen LogP contribution in [-0.4, -0.2) is 29.6 Å². The minimum atomic E-state index is -1.16. The van der Waals surface area contributed by atoms with Gasteiger partial charge in [-0.15, -0.1) is 0 Å². The average molecular weight is 409 g/mol. The molecule has 6 heteroatoms. The van der Waals surface area contributed by atoms with E-state index >= 15 is 0 Å². The molecule has 0 aromatic heterocycles. The van der Waals surface area contributed by atoms with Crippen molar-refractivity contribution in [3.8, 4) is 11.5 Å². The van der Waals surface area contributed by atoms with Gasteiger partial charge in [0.05, 0.1) is 7.11 Å². The number of carbonyl (C=O) groups is 2. The Morgan fingerprint density at radius 1 is 1.07 bits per heavy atom. The van der Waals surface area contributed by atoms with Crippen LogP contribution in [0.25, 0.3) is 6.08 Å². The monoisotopic (exact) mass is 409 g/mol. The van der Waals surface area contributed by atoms with E-state index in [1.165, 1.54) is 6.08 Å². The van der Waals surface area contributed by atoms with Crippen molar-refractivity contribution >= 4 is 18.0 Å². The lowest BCUT2D eigenvalue weighted by Crippen LogP contribution is -2.55. The molecular weight excluding hydrogens is 382 g/mol. The fraction of sp³-hybridized carbons (Fsp3) is 0.333. The van der Waals surface area contributed by atoms with Crippen LogP contribution in [-0.2, 0) is 16.2 Å². The molecule has 3 rings (SSSR count). The number of rotatable bonds is 8. The highest BCUT2D eigenvalue weighted by atomic mass is 16.5. The second-order valence-corrected chi connectivity index (χ2v) is 7.46. The minimum Gasteiger partial charge on any atom is -0.493 e. The van der Waals surface area contributed by atoms with E-state index in [4.69, 9.17) is 9.47 Å². The first kappa shape index (κ1) is 21.4. The van der Waals surface area contributed by atoms with Gasteiger partial charge in [0.15, 0.2) is 11.5 Å². The Morgan fingerprint density at radius 3 is 2.47 bits per heavy atom. The fourth-order valence-corrected chi connectivity index (χ4v) is 3.64. The molecule has 0 aliphatic heterocycles. The third-order valence-electron chi connectivity index (χ3n) is 5.33. The molecule has 0 saturated heterocycles. The van der Waals surface area contributed by atoms with E-state index in [1.54, 1.807) is 25.3 Å². The van der Waals surface area contributed by atoms with Crippen LogP contribution in [0.5, 0.6) is 11.5 Å². The molecule has 1 saturated carbocycles. The van der Waals surface area contributed by atoms with Gasteiger partial charge in [-0.2, -0.15) is 0 Å². The standard InChI is InChI=1S/C24H27NO5/c1-29-21-16-18(10-12-20(21)30-17-19-8-4-2-5-9-19)11-13-22(26)25-24(23(27)28)14-6-3-7-15-24/h2,4-5,8-13,16H,3,6-7,14-15,17H2,1H3,(H,25,26)(H,27,28). The normalized spacial score (nSPS) is 15.5. The lowest BCUT2D eigenvalue weighted by atomic mass is 9.81. The van der Waals surface area contributed by atoms with Crippen LogP contribution < -0.4 is 14.8 Å². The van der Waals surface area contributed by atoms with E-state index in [1.807, 2.05) is 36.4 Å². The Morgan fingerprint density at radius 2 is 1.80 bits per heavy atom. The first-order chi connectivity index (χ1) is 14.5. The van der Waals surface area contributed by atoms with Crippen molar-refractivity contribution in [1.82, 2.24) is 5.32 Å². The van der Waals surface area contributed by atoms with Crippen molar-refractivity contribution in [3.63, 3.8) is 0 Å². The van der Waals surface area contributed by atoms with Gasteiger partial charge in [-0.25, -0.2) is 4.79 Å². The van der Waals surface area contributed by atoms with Crippen molar-refractivity contribution in [2.24, 2.45) is 0 Å². The van der Waals surface area contributed by atoms with E-state index in [0.29, 0.717) is 30.9 Å². The largest absolute Gasteiger partial charge is 0.493 e. The summed E-state index contributed by atoms with van der Waals surface area (Å²) in [6, 6.07) is 15.2. The molecule has 0 spiro atoms. The molecule has 0 radical (unpaired) electrons. The van der Waals surface area contributed by atoms with Gasteiger partial charge in [-0.05, 0) is 42.2 Å². The predicted molar refractivity (Wildman–Crippen MR) is 114 cm³/mol. The molecule has 158 valence electrons. The smallest absolute Gasteiger partial charge is 0.329 e. The highest BCUT2D eigenvalue weighted by molar-refractivity contribution is 5.95. The molecule has 2 N–H and O–H groups in total. The van der Waals surface area contributed by atoms with Gasteiger partial charge in [-0.1, -0.05) is 55.7 Å². The number of carbonyl (C=O) groups excluding carboxylic acids is 1. The van der Waals surface area contributed by atoms with E-state index in [2.05, 4.69) is 5.32 Å². The zero-order chi connectivity index (χ0) is 21.4. The number of hydrogen-bond donors (Lipinski definition) is 2. The molecule has 0 bridgehead atoms. The summed E-state index contributed by atoms with van der Waals surface area (Å²) in [5, 5.41) is 12.3. The van der Waals surface area contributed by atoms with Crippen LogP contribution in [0.15, 0.2) is 54.6 Å². The summed E-state index contributed by atoms with van der Waals surface area (Å²) in [4.78, 5) is 24.1. The molecule has 0 heterocycles. The number of benzene rings is 2. The lowest BCUT2D eigenvalue weighted by Gasteiger charge is -2.33. The number of aliphatic carboxylic acids is 1. The number of nitrogens with one attached hydrogen (secondary N) is 1. The molecule has 6 nitrogen and oxygen atoms in total. The second-order valence-electron chi connectivity index (χ2n) is 7.46. The van der Waals surface area contributed by atoms with E-state index in [9.17, 15) is 14.7 Å². The summed E-state index contributed by atoms with van der Waals surface area (Å²) >= 11 is 0. The first-order valence-electron chi connectivity index (χ1n) is 10.1. The Hall–Kier alpha value is -3.28. The van der Waals surface area contributed by atoms with Crippen LogP contribution in [0.2, 0.25) is 0 Å². The predicted octanol–water partition coefficient (Wildman–Crippen LogP) is 4.19. The van der Waals surface area contributed by atoms with Gasteiger partial charge in [0.1, 0.15) is 12.1 Å². The van der Waals surface area contributed by atoms with Crippen LogP contribution in [0, 0.1) is 0 Å². The Kier molecular flexibility index (Phi) is 7.12. The summed E-state index contributed by atoms with van der Waals surface area (Å²) in [5.41, 5.74) is 0.643. The fourth-order valence-electron chi connectivity index (χ4n) is 3.64. The third-order valence-corrected chi connectivity index (χ3v) is 5.33.